The first-order chi connectivity index (χ1) is 15.2. The van der Waals surface area contributed by atoms with E-state index in [9.17, 15) is 9.59 Å². The number of hydrogen-bond donors (Lipinski definition) is 2. The summed E-state index contributed by atoms with van der Waals surface area (Å²) in [6.45, 7) is 4.51. The van der Waals surface area contributed by atoms with Crippen LogP contribution in [0.3, 0.4) is 0 Å². The summed E-state index contributed by atoms with van der Waals surface area (Å²) in [6, 6.07) is 23.4. The number of nitrogens with one attached hydrogen (secondary N) is 2. The van der Waals surface area contributed by atoms with Crippen LogP contribution in [0.2, 0.25) is 0 Å². The van der Waals surface area contributed by atoms with Crippen molar-refractivity contribution in [2.75, 3.05) is 13.2 Å². The molecule has 0 aliphatic rings. The van der Waals surface area contributed by atoms with E-state index in [1.165, 1.54) is 5.56 Å². The van der Waals surface area contributed by atoms with Crippen LogP contribution in [0.1, 0.15) is 26.3 Å². The van der Waals surface area contributed by atoms with Crippen molar-refractivity contribution in [2.24, 2.45) is 0 Å². The van der Waals surface area contributed by atoms with Gasteiger partial charge >= 0.3 is 0 Å². The zero-order chi connectivity index (χ0) is 21.9. The van der Waals surface area contributed by atoms with Crippen molar-refractivity contribution >= 4 is 11.8 Å². The molecule has 0 saturated heterocycles. The lowest BCUT2D eigenvalue weighted by atomic mass is 10.2. The number of amides is 2. The van der Waals surface area contributed by atoms with E-state index in [1.54, 1.807) is 54.6 Å². The highest BCUT2D eigenvalue weighted by Gasteiger charge is 2.09. The molecule has 0 atom stereocenters. The Morgan fingerprint density at radius 2 is 1.26 bits per heavy atom. The van der Waals surface area contributed by atoms with E-state index in [2.05, 4.69) is 29.6 Å². The minimum absolute atomic E-state index is 0.387. The van der Waals surface area contributed by atoms with Gasteiger partial charge in [-0.2, -0.15) is 0 Å². The Kier molecular flexibility index (Phi) is 7.83. The minimum Gasteiger partial charge on any atom is -0.493 e. The molecule has 0 aromatic heterocycles. The van der Waals surface area contributed by atoms with E-state index in [0.29, 0.717) is 35.8 Å². The monoisotopic (exact) mass is 416 g/mol. The summed E-state index contributed by atoms with van der Waals surface area (Å²) in [6.07, 6.45) is 2.44. The molecule has 0 radical (unpaired) electrons. The summed E-state index contributed by atoms with van der Waals surface area (Å²) in [4.78, 5) is 24.5. The van der Waals surface area contributed by atoms with Gasteiger partial charge in [0.2, 0.25) is 0 Å². The zero-order valence-electron chi connectivity index (χ0n) is 17.0. The topological polar surface area (TPSA) is 76.7 Å². The first kappa shape index (κ1) is 21.6. The van der Waals surface area contributed by atoms with Gasteiger partial charge in [0.25, 0.3) is 11.8 Å². The molecule has 0 aliphatic heterocycles. The van der Waals surface area contributed by atoms with E-state index in [4.69, 9.17) is 9.47 Å². The second-order valence-corrected chi connectivity index (χ2v) is 6.64. The summed E-state index contributed by atoms with van der Waals surface area (Å²) >= 11 is 0. The fourth-order valence-corrected chi connectivity index (χ4v) is 2.75. The quantitative estimate of drug-likeness (QED) is 0.409. The van der Waals surface area contributed by atoms with E-state index >= 15 is 0 Å². The van der Waals surface area contributed by atoms with Crippen LogP contribution >= 0.6 is 0 Å². The maximum absolute atomic E-state index is 12.3. The van der Waals surface area contributed by atoms with Crippen LogP contribution in [-0.4, -0.2) is 25.0 Å². The third-order valence-corrected chi connectivity index (χ3v) is 4.39. The van der Waals surface area contributed by atoms with E-state index in [1.807, 2.05) is 18.2 Å². The average molecular weight is 416 g/mol. The lowest BCUT2D eigenvalue weighted by molar-refractivity contribution is 0.0846. The molecule has 2 amide bonds. The second kappa shape index (κ2) is 11.2. The molecule has 0 bridgehead atoms. The first-order valence-corrected chi connectivity index (χ1v) is 9.87. The van der Waals surface area contributed by atoms with Gasteiger partial charge < -0.3 is 9.47 Å². The van der Waals surface area contributed by atoms with Crippen molar-refractivity contribution in [1.82, 2.24) is 10.9 Å². The van der Waals surface area contributed by atoms with Crippen LogP contribution in [0.4, 0.5) is 0 Å². The van der Waals surface area contributed by atoms with Gasteiger partial charge in [0, 0.05) is 17.5 Å². The fraction of sp³-hybridized carbons (Fsp3) is 0.120. The molecule has 6 nitrogen and oxygen atoms in total. The summed E-state index contributed by atoms with van der Waals surface area (Å²) in [5.74, 6) is 0.460. The van der Waals surface area contributed by atoms with Crippen molar-refractivity contribution in [3.8, 4) is 11.5 Å². The van der Waals surface area contributed by atoms with Crippen molar-refractivity contribution in [1.29, 1.82) is 0 Å². The Balaban J connectivity index is 1.44. The molecule has 3 aromatic carbocycles. The predicted octanol–water partition coefficient (Wildman–Crippen LogP) is 3.95. The standard InChI is InChI=1S/C25H24N2O4/c1-2-17-30-22-12-8-20(9-13-22)24(28)26-27-25(29)21-10-14-23(15-11-21)31-18-16-19-6-4-3-5-7-19/h2-15H,1,16-18H2,(H,26,28)(H,27,29). The molecule has 0 heterocycles. The van der Waals surface area contributed by atoms with Crippen LogP contribution in [0, 0.1) is 0 Å². The van der Waals surface area contributed by atoms with E-state index < -0.39 is 11.8 Å². The Bertz CT molecular complexity index is 1000. The Morgan fingerprint density at radius 1 is 0.742 bits per heavy atom. The molecule has 6 heteroatoms. The number of carbonyl (C=O) groups excluding carboxylic acids is 2. The van der Waals surface area contributed by atoms with Crippen LogP contribution in [0.15, 0.2) is 91.5 Å². The van der Waals surface area contributed by atoms with Gasteiger partial charge in [-0.25, -0.2) is 0 Å². The van der Waals surface area contributed by atoms with Crippen molar-refractivity contribution < 1.29 is 19.1 Å². The molecule has 3 aromatic rings. The zero-order valence-corrected chi connectivity index (χ0v) is 17.0. The number of hydrogen-bond acceptors (Lipinski definition) is 4. The molecule has 0 spiro atoms. The SMILES string of the molecule is C=CCOc1ccc(C(=O)NNC(=O)c2ccc(OCCc3ccccc3)cc2)cc1. The van der Waals surface area contributed by atoms with E-state index in [0.717, 1.165) is 6.42 Å². The summed E-state index contributed by atoms with van der Waals surface area (Å²) < 4.78 is 11.1. The van der Waals surface area contributed by atoms with Gasteiger partial charge in [0.15, 0.2) is 0 Å². The molecular formula is C25H24N2O4. The van der Waals surface area contributed by atoms with Crippen LogP contribution in [0.5, 0.6) is 11.5 Å². The predicted molar refractivity (Wildman–Crippen MR) is 119 cm³/mol. The Morgan fingerprint density at radius 3 is 1.77 bits per heavy atom. The van der Waals surface area contributed by atoms with E-state index in [-0.39, 0.29) is 0 Å². The van der Waals surface area contributed by atoms with Gasteiger partial charge in [-0.05, 0) is 54.1 Å². The van der Waals surface area contributed by atoms with Crippen LogP contribution < -0.4 is 20.3 Å². The number of benzene rings is 3. The molecule has 31 heavy (non-hydrogen) atoms. The van der Waals surface area contributed by atoms with Crippen LogP contribution in [0.25, 0.3) is 0 Å². The third kappa shape index (κ3) is 6.75. The lowest BCUT2D eigenvalue weighted by Gasteiger charge is -2.09. The molecule has 0 fully saturated rings. The minimum atomic E-state index is -0.426. The van der Waals surface area contributed by atoms with Crippen molar-refractivity contribution in [2.45, 2.75) is 6.42 Å². The van der Waals surface area contributed by atoms with Gasteiger partial charge in [-0.15, -0.1) is 0 Å². The molecule has 3 rings (SSSR count). The number of carbonyl (C=O) groups is 2. The van der Waals surface area contributed by atoms with Gasteiger partial charge in [-0.1, -0.05) is 43.0 Å². The van der Waals surface area contributed by atoms with Crippen molar-refractivity contribution in [3.63, 3.8) is 0 Å². The Hall–Kier alpha value is -4.06. The average Bonchev–Trinajstić information content (AvgIpc) is 2.82. The molecular weight excluding hydrogens is 392 g/mol. The number of hydrazine groups is 1. The molecule has 158 valence electrons. The number of rotatable bonds is 9. The number of ether oxygens (including phenoxy) is 2. The maximum Gasteiger partial charge on any atom is 0.269 e. The van der Waals surface area contributed by atoms with Gasteiger partial charge in [0.05, 0.1) is 6.61 Å². The maximum atomic E-state index is 12.3. The smallest absolute Gasteiger partial charge is 0.269 e. The van der Waals surface area contributed by atoms with Crippen molar-refractivity contribution in [3.05, 3.63) is 108 Å². The van der Waals surface area contributed by atoms with Crippen LogP contribution in [-0.2, 0) is 6.42 Å². The lowest BCUT2D eigenvalue weighted by Crippen LogP contribution is -2.41. The third-order valence-electron chi connectivity index (χ3n) is 4.39. The second-order valence-electron chi connectivity index (χ2n) is 6.64. The normalized spacial score (nSPS) is 10.1. The summed E-state index contributed by atoms with van der Waals surface area (Å²) in [7, 11) is 0. The highest BCUT2D eigenvalue weighted by atomic mass is 16.5. The molecule has 0 saturated carbocycles. The highest BCUT2D eigenvalue weighted by molar-refractivity contribution is 5.99. The summed E-state index contributed by atoms with van der Waals surface area (Å²) in [5, 5.41) is 0. The molecule has 0 aliphatic carbocycles. The van der Waals surface area contributed by atoms with Gasteiger partial charge in [0.1, 0.15) is 18.1 Å². The largest absolute Gasteiger partial charge is 0.493 e. The summed E-state index contributed by atoms with van der Waals surface area (Å²) in [5.41, 5.74) is 6.81. The first-order valence-electron chi connectivity index (χ1n) is 9.87. The molecule has 2 N–H and O–H groups in total. The fourth-order valence-electron chi connectivity index (χ4n) is 2.75. The highest BCUT2D eigenvalue weighted by Crippen LogP contribution is 2.14. The molecule has 0 unspecified atom stereocenters. The Labute approximate surface area is 181 Å². The van der Waals surface area contributed by atoms with Gasteiger partial charge in [-0.3, -0.25) is 20.4 Å².